The van der Waals surface area contributed by atoms with Crippen LogP contribution < -0.4 is 10.1 Å². The zero-order valence-electron chi connectivity index (χ0n) is 11.6. The molecular weight excluding hydrogens is 254 g/mol. The number of nitrogens with one attached hydrogen (secondary N) is 1. The van der Waals surface area contributed by atoms with Crippen molar-refractivity contribution in [2.45, 2.75) is 0 Å². The lowest BCUT2D eigenvalue weighted by atomic mass is 10.1. The fraction of sp³-hybridized carbons (Fsp3) is 0.200. The number of aromatic nitrogens is 2. The van der Waals surface area contributed by atoms with Gasteiger partial charge in [-0.25, -0.2) is 0 Å². The van der Waals surface area contributed by atoms with Gasteiger partial charge in [0.25, 0.3) is 5.91 Å². The van der Waals surface area contributed by atoms with Crippen LogP contribution >= 0.6 is 0 Å². The molecule has 1 amide bonds. The number of rotatable bonds is 5. The van der Waals surface area contributed by atoms with Gasteiger partial charge in [0.15, 0.2) is 5.69 Å². The molecule has 0 atom stereocenters. The van der Waals surface area contributed by atoms with E-state index in [-0.39, 0.29) is 5.91 Å². The summed E-state index contributed by atoms with van der Waals surface area (Å²) in [6, 6.07) is 9.38. The number of hydrogen-bond donors (Lipinski definition) is 1. The first-order chi connectivity index (χ1) is 9.65. The fourth-order valence-electron chi connectivity index (χ4n) is 1.87. The Morgan fingerprint density at radius 2 is 2.15 bits per heavy atom. The maximum Gasteiger partial charge on any atom is 0.272 e. The summed E-state index contributed by atoms with van der Waals surface area (Å²) < 4.78 is 6.81. The van der Waals surface area contributed by atoms with E-state index in [1.54, 1.807) is 23.9 Å². The van der Waals surface area contributed by atoms with Crippen molar-refractivity contribution in [2.24, 2.45) is 7.05 Å². The third kappa shape index (κ3) is 2.88. The monoisotopic (exact) mass is 271 g/mol. The molecule has 5 heteroatoms. The van der Waals surface area contributed by atoms with Crippen LogP contribution in [0.15, 0.2) is 43.0 Å². The normalized spacial score (nSPS) is 10.1. The van der Waals surface area contributed by atoms with Gasteiger partial charge in [0.1, 0.15) is 5.75 Å². The summed E-state index contributed by atoms with van der Waals surface area (Å²) in [6.07, 6.45) is 1.63. The minimum atomic E-state index is -0.208. The van der Waals surface area contributed by atoms with E-state index < -0.39 is 0 Å². The number of aryl methyl sites for hydroxylation is 1. The zero-order chi connectivity index (χ0) is 14.5. The second-order valence-corrected chi connectivity index (χ2v) is 4.27. The topological polar surface area (TPSA) is 56.1 Å². The van der Waals surface area contributed by atoms with Crippen molar-refractivity contribution in [2.75, 3.05) is 13.7 Å². The van der Waals surface area contributed by atoms with Gasteiger partial charge in [0.2, 0.25) is 0 Å². The smallest absolute Gasteiger partial charge is 0.272 e. The van der Waals surface area contributed by atoms with Crippen LogP contribution in [0.4, 0.5) is 0 Å². The average Bonchev–Trinajstić information content (AvgIpc) is 2.87. The van der Waals surface area contributed by atoms with E-state index in [0.717, 1.165) is 17.0 Å². The van der Waals surface area contributed by atoms with Crippen LogP contribution in [0.5, 0.6) is 5.75 Å². The first-order valence-electron chi connectivity index (χ1n) is 6.23. The Kier molecular flexibility index (Phi) is 4.20. The van der Waals surface area contributed by atoms with Crippen molar-refractivity contribution in [3.05, 3.63) is 48.7 Å². The van der Waals surface area contributed by atoms with Crippen molar-refractivity contribution >= 4 is 5.91 Å². The second-order valence-electron chi connectivity index (χ2n) is 4.27. The molecule has 0 bridgehead atoms. The Morgan fingerprint density at radius 3 is 2.75 bits per heavy atom. The molecule has 0 radical (unpaired) electrons. The molecule has 0 spiro atoms. The average molecular weight is 271 g/mol. The molecule has 1 aromatic heterocycles. The molecule has 0 aliphatic carbocycles. The Labute approximate surface area is 117 Å². The molecular formula is C15H17N3O2. The molecule has 2 aromatic rings. The SMILES string of the molecule is C=CCNC(=O)c1cc(-c2ccc(OC)cc2)n(C)n1. The van der Waals surface area contributed by atoms with Gasteiger partial charge in [0, 0.05) is 19.2 Å². The van der Waals surface area contributed by atoms with E-state index in [1.807, 2.05) is 31.3 Å². The van der Waals surface area contributed by atoms with Crippen molar-refractivity contribution in [1.82, 2.24) is 15.1 Å². The van der Waals surface area contributed by atoms with Gasteiger partial charge in [-0.15, -0.1) is 6.58 Å². The van der Waals surface area contributed by atoms with Gasteiger partial charge in [0.05, 0.1) is 12.8 Å². The number of ether oxygens (including phenoxy) is 1. The summed E-state index contributed by atoms with van der Waals surface area (Å²) in [5, 5.41) is 6.93. The highest BCUT2D eigenvalue weighted by Gasteiger charge is 2.13. The van der Waals surface area contributed by atoms with Crippen LogP contribution in [0.2, 0.25) is 0 Å². The highest BCUT2D eigenvalue weighted by atomic mass is 16.5. The van der Waals surface area contributed by atoms with Gasteiger partial charge in [-0.1, -0.05) is 6.08 Å². The van der Waals surface area contributed by atoms with Gasteiger partial charge in [-0.2, -0.15) is 5.10 Å². The molecule has 1 N–H and O–H groups in total. The van der Waals surface area contributed by atoms with Gasteiger partial charge < -0.3 is 10.1 Å². The second kappa shape index (κ2) is 6.06. The standard InChI is InChI=1S/C15H17N3O2/c1-4-9-16-15(19)13-10-14(18(2)17-13)11-5-7-12(20-3)8-6-11/h4-8,10H,1,9H2,2-3H3,(H,16,19). The molecule has 0 saturated carbocycles. The van der Waals surface area contributed by atoms with E-state index in [2.05, 4.69) is 17.0 Å². The molecule has 0 aliphatic heterocycles. The highest BCUT2D eigenvalue weighted by Crippen LogP contribution is 2.22. The van der Waals surface area contributed by atoms with Crippen molar-refractivity contribution in [3.8, 4) is 17.0 Å². The number of hydrogen-bond acceptors (Lipinski definition) is 3. The summed E-state index contributed by atoms with van der Waals surface area (Å²) in [6.45, 7) is 3.98. The number of carbonyl (C=O) groups is 1. The fourth-order valence-corrected chi connectivity index (χ4v) is 1.87. The molecule has 2 rings (SSSR count). The highest BCUT2D eigenvalue weighted by molar-refractivity contribution is 5.93. The molecule has 5 nitrogen and oxygen atoms in total. The van der Waals surface area contributed by atoms with E-state index in [9.17, 15) is 4.79 Å². The molecule has 1 aromatic carbocycles. The van der Waals surface area contributed by atoms with Crippen LogP contribution in [0.25, 0.3) is 11.3 Å². The third-order valence-corrected chi connectivity index (χ3v) is 2.91. The summed E-state index contributed by atoms with van der Waals surface area (Å²) in [5.41, 5.74) is 2.24. The van der Waals surface area contributed by atoms with Gasteiger partial charge in [-0.3, -0.25) is 9.48 Å². The van der Waals surface area contributed by atoms with Crippen LogP contribution in [0.1, 0.15) is 10.5 Å². The van der Waals surface area contributed by atoms with Crippen molar-refractivity contribution < 1.29 is 9.53 Å². The summed E-state index contributed by atoms with van der Waals surface area (Å²) in [4.78, 5) is 11.8. The van der Waals surface area contributed by atoms with Gasteiger partial charge in [-0.05, 0) is 30.3 Å². The Balaban J connectivity index is 2.26. The lowest BCUT2D eigenvalue weighted by Gasteiger charge is -2.03. The van der Waals surface area contributed by atoms with Crippen LogP contribution in [0.3, 0.4) is 0 Å². The maximum absolute atomic E-state index is 11.8. The lowest BCUT2D eigenvalue weighted by Crippen LogP contribution is -2.23. The lowest BCUT2D eigenvalue weighted by molar-refractivity contribution is 0.0952. The predicted octanol–water partition coefficient (Wildman–Crippen LogP) is 2.01. The Morgan fingerprint density at radius 1 is 1.45 bits per heavy atom. The maximum atomic E-state index is 11.8. The first kappa shape index (κ1) is 13.9. The van der Waals surface area contributed by atoms with Crippen LogP contribution in [-0.4, -0.2) is 29.3 Å². The molecule has 1 heterocycles. The first-order valence-corrected chi connectivity index (χ1v) is 6.23. The number of carbonyl (C=O) groups excluding carboxylic acids is 1. The quantitative estimate of drug-likeness (QED) is 0.846. The minimum absolute atomic E-state index is 0.208. The predicted molar refractivity (Wildman–Crippen MR) is 77.7 cm³/mol. The number of amides is 1. The third-order valence-electron chi connectivity index (χ3n) is 2.91. The molecule has 0 unspecified atom stereocenters. The summed E-state index contributed by atoms with van der Waals surface area (Å²) >= 11 is 0. The number of methoxy groups -OCH3 is 1. The van der Waals surface area contributed by atoms with Gasteiger partial charge >= 0.3 is 0 Å². The number of nitrogens with zero attached hydrogens (tertiary/aromatic N) is 2. The molecule has 104 valence electrons. The largest absolute Gasteiger partial charge is 0.497 e. The Bertz CT molecular complexity index is 615. The van der Waals surface area contributed by atoms with E-state index in [4.69, 9.17) is 4.74 Å². The van der Waals surface area contributed by atoms with Crippen LogP contribution in [-0.2, 0) is 7.05 Å². The summed E-state index contributed by atoms with van der Waals surface area (Å²) in [7, 11) is 3.44. The zero-order valence-corrected chi connectivity index (χ0v) is 11.6. The molecule has 20 heavy (non-hydrogen) atoms. The summed E-state index contributed by atoms with van der Waals surface area (Å²) in [5.74, 6) is 0.583. The van der Waals surface area contributed by atoms with Crippen LogP contribution in [0, 0.1) is 0 Å². The van der Waals surface area contributed by atoms with Crippen molar-refractivity contribution in [1.29, 1.82) is 0 Å². The molecule has 0 fully saturated rings. The number of benzene rings is 1. The van der Waals surface area contributed by atoms with E-state index in [0.29, 0.717) is 12.2 Å². The van der Waals surface area contributed by atoms with E-state index >= 15 is 0 Å². The molecule has 0 aliphatic rings. The minimum Gasteiger partial charge on any atom is -0.497 e. The molecule has 0 saturated heterocycles. The Hall–Kier alpha value is -2.56. The van der Waals surface area contributed by atoms with Crippen molar-refractivity contribution in [3.63, 3.8) is 0 Å². The van der Waals surface area contributed by atoms with E-state index in [1.165, 1.54) is 0 Å².